The van der Waals surface area contributed by atoms with Crippen molar-refractivity contribution >= 4 is 34.0 Å². The van der Waals surface area contributed by atoms with Gasteiger partial charge in [-0.15, -0.1) is 11.3 Å². The van der Waals surface area contributed by atoms with E-state index < -0.39 is 0 Å². The second kappa shape index (κ2) is 7.02. The van der Waals surface area contributed by atoms with E-state index in [2.05, 4.69) is 17.1 Å². The Morgan fingerprint density at radius 3 is 2.71 bits per heavy atom. The molecule has 0 saturated carbocycles. The number of aliphatic imine (C=N–C) groups is 1. The first kappa shape index (κ1) is 14.5. The van der Waals surface area contributed by atoms with Gasteiger partial charge in [0.1, 0.15) is 13.1 Å². The molecule has 0 fully saturated rings. The fourth-order valence-electron chi connectivity index (χ4n) is 2.32. The molecule has 2 heterocycles. The van der Waals surface area contributed by atoms with Crippen LogP contribution in [0.2, 0.25) is 0 Å². The monoisotopic (exact) mass is 317 g/mol. The third kappa shape index (κ3) is 3.81. The summed E-state index contributed by atoms with van der Waals surface area (Å²) in [5, 5.41) is 3.02. The van der Waals surface area contributed by atoms with Crippen molar-refractivity contribution < 1.29 is 9.69 Å². The van der Waals surface area contributed by atoms with Gasteiger partial charge in [0.25, 0.3) is 5.17 Å². The van der Waals surface area contributed by atoms with Gasteiger partial charge >= 0.3 is 0 Å². The molecule has 0 spiro atoms. The highest BCUT2D eigenvalue weighted by Gasteiger charge is 2.25. The summed E-state index contributed by atoms with van der Waals surface area (Å²) in [6.45, 7) is 2.15. The van der Waals surface area contributed by atoms with E-state index in [1.807, 2.05) is 35.7 Å². The summed E-state index contributed by atoms with van der Waals surface area (Å²) in [5.74, 6) is 1.23. The predicted molar refractivity (Wildman–Crippen MR) is 89.4 cm³/mol. The molecule has 5 heteroatoms. The maximum Gasteiger partial charge on any atom is 0.258 e. The fraction of sp³-hybridized carbons (Fsp3) is 0.250. The average Bonchev–Trinajstić information content (AvgIpc) is 3.21. The van der Waals surface area contributed by atoms with Crippen molar-refractivity contribution in [3.8, 4) is 0 Å². The second-order valence-electron chi connectivity index (χ2n) is 4.88. The first-order chi connectivity index (χ1) is 10.3. The molecule has 1 aliphatic rings. The van der Waals surface area contributed by atoms with Gasteiger partial charge in [-0.05, 0) is 23.2 Å². The van der Waals surface area contributed by atoms with Crippen molar-refractivity contribution in [2.45, 2.75) is 6.54 Å². The number of hydrogen-bond acceptors (Lipinski definition) is 4. The Balaban J connectivity index is 1.75. The molecule has 0 radical (unpaired) electrons. The minimum absolute atomic E-state index is 0.200. The lowest BCUT2D eigenvalue weighted by Gasteiger charge is -2.17. The number of thiophene rings is 1. The Kier molecular flexibility index (Phi) is 4.85. The van der Waals surface area contributed by atoms with Gasteiger partial charge in [-0.25, -0.2) is 4.99 Å². The Labute approximate surface area is 132 Å². The summed E-state index contributed by atoms with van der Waals surface area (Å²) in [6.07, 6.45) is 0. The van der Waals surface area contributed by atoms with E-state index in [1.165, 1.54) is 16.9 Å². The summed E-state index contributed by atoms with van der Waals surface area (Å²) in [7, 11) is 0. The van der Waals surface area contributed by atoms with Gasteiger partial charge in [-0.1, -0.05) is 36.4 Å². The van der Waals surface area contributed by atoms with E-state index >= 15 is 0 Å². The van der Waals surface area contributed by atoms with Crippen LogP contribution in [-0.4, -0.2) is 29.8 Å². The number of nitrogens with one attached hydrogen (secondary N) is 1. The maximum absolute atomic E-state index is 12.4. The minimum Gasteiger partial charge on any atom is -0.287 e. The summed E-state index contributed by atoms with van der Waals surface area (Å²) in [4.78, 5) is 18.9. The number of benzene rings is 1. The number of amidine groups is 1. The number of Topliss-reactive ketones (excluding diaryl/α,β-unsaturated/α-hetero) is 1. The van der Waals surface area contributed by atoms with Crippen molar-refractivity contribution in [2.75, 3.05) is 18.8 Å². The molecule has 1 aromatic carbocycles. The zero-order valence-electron chi connectivity index (χ0n) is 11.6. The maximum atomic E-state index is 12.4. The van der Waals surface area contributed by atoms with E-state index in [-0.39, 0.29) is 5.78 Å². The van der Waals surface area contributed by atoms with Crippen LogP contribution < -0.4 is 4.90 Å². The van der Waals surface area contributed by atoms with Crippen LogP contribution in [0.3, 0.4) is 0 Å². The summed E-state index contributed by atoms with van der Waals surface area (Å²) >= 11 is 3.29. The third-order valence-corrected chi connectivity index (χ3v) is 5.31. The van der Waals surface area contributed by atoms with E-state index in [9.17, 15) is 4.79 Å². The number of thioether (sulfide) groups is 1. The number of carbonyl (C=O) groups is 1. The van der Waals surface area contributed by atoms with Crippen molar-refractivity contribution in [2.24, 2.45) is 4.99 Å². The second-order valence-corrected chi connectivity index (χ2v) is 6.91. The van der Waals surface area contributed by atoms with E-state index in [0.29, 0.717) is 6.54 Å². The van der Waals surface area contributed by atoms with Crippen LogP contribution in [0.1, 0.15) is 15.2 Å². The number of carbonyl (C=O) groups excluding carboxylic acids is 1. The number of hydrogen-bond donors (Lipinski definition) is 1. The van der Waals surface area contributed by atoms with Crippen molar-refractivity contribution in [1.82, 2.24) is 0 Å². The zero-order valence-corrected chi connectivity index (χ0v) is 13.3. The molecule has 0 saturated heterocycles. The molecule has 1 atom stereocenters. The molecule has 0 amide bonds. The molecule has 2 aromatic rings. The molecule has 0 bridgehead atoms. The van der Waals surface area contributed by atoms with Gasteiger partial charge in [0.05, 0.1) is 11.4 Å². The SMILES string of the molecule is O=C(C[NH+](Cc1ccccc1)C1=NCCS1)c1cccs1. The Bertz CT molecular complexity index is 623. The van der Waals surface area contributed by atoms with Crippen molar-refractivity contribution in [3.63, 3.8) is 0 Å². The molecule has 1 unspecified atom stereocenters. The predicted octanol–water partition coefficient (Wildman–Crippen LogP) is 2.12. The van der Waals surface area contributed by atoms with Crippen LogP contribution in [0.25, 0.3) is 0 Å². The van der Waals surface area contributed by atoms with E-state index in [0.717, 1.165) is 33.8 Å². The average molecular weight is 317 g/mol. The molecule has 1 aromatic heterocycles. The standard InChI is InChI=1S/C16H16N2OS2/c19-14(15-7-4-9-20-15)12-18(16-17-8-10-21-16)11-13-5-2-1-3-6-13/h1-7,9H,8,10-12H2/p+1. The number of ketones is 1. The summed E-state index contributed by atoms with van der Waals surface area (Å²) in [6, 6.07) is 14.1. The Morgan fingerprint density at radius 1 is 1.19 bits per heavy atom. The molecule has 1 aliphatic heterocycles. The summed E-state index contributed by atoms with van der Waals surface area (Å²) in [5.41, 5.74) is 1.24. The first-order valence-electron chi connectivity index (χ1n) is 6.96. The normalized spacial score (nSPS) is 15.7. The molecule has 1 N–H and O–H groups in total. The van der Waals surface area contributed by atoms with Crippen LogP contribution >= 0.6 is 23.1 Å². The largest absolute Gasteiger partial charge is 0.287 e. The van der Waals surface area contributed by atoms with Crippen LogP contribution in [0.5, 0.6) is 0 Å². The molecule has 3 nitrogen and oxygen atoms in total. The van der Waals surface area contributed by atoms with Gasteiger partial charge in [-0.2, -0.15) is 0 Å². The lowest BCUT2D eigenvalue weighted by molar-refractivity contribution is -0.806. The smallest absolute Gasteiger partial charge is 0.258 e. The van der Waals surface area contributed by atoms with E-state index in [1.54, 1.807) is 11.8 Å². The van der Waals surface area contributed by atoms with Gasteiger partial charge in [0, 0.05) is 11.3 Å². The van der Waals surface area contributed by atoms with Gasteiger partial charge < -0.3 is 0 Å². The van der Waals surface area contributed by atoms with Gasteiger partial charge in [0.2, 0.25) is 5.78 Å². The fourth-order valence-corrected chi connectivity index (χ4v) is 3.89. The molecule has 21 heavy (non-hydrogen) atoms. The lowest BCUT2D eigenvalue weighted by Crippen LogP contribution is -3.13. The zero-order chi connectivity index (χ0) is 14.5. The Hall–Kier alpha value is -1.43. The molecule has 0 aliphatic carbocycles. The first-order valence-corrected chi connectivity index (χ1v) is 8.82. The highest BCUT2D eigenvalue weighted by atomic mass is 32.2. The highest BCUT2D eigenvalue weighted by Crippen LogP contribution is 2.10. The molecule has 108 valence electrons. The van der Waals surface area contributed by atoms with Crippen LogP contribution in [0.4, 0.5) is 0 Å². The molecular formula is C16H17N2OS2+. The number of rotatable bonds is 5. The topological polar surface area (TPSA) is 33.9 Å². The Morgan fingerprint density at radius 2 is 2.05 bits per heavy atom. The van der Waals surface area contributed by atoms with Crippen LogP contribution in [0, 0.1) is 0 Å². The lowest BCUT2D eigenvalue weighted by atomic mass is 10.2. The highest BCUT2D eigenvalue weighted by molar-refractivity contribution is 8.13. The number of nitrogens with zero attached hydrogens (tertiary/aromatic N) is 1. The quantitative estimate of drug-likeness (QED) is 0.857. The van der Waals surface area contributed by atoms with Crippen molar-refractivity contribution in [1.29, 1.82) is 0 Å². The van der Waals surface area contributed by atoms with Gasteiger partial charge in [0.15, 0.2) is 0 Å². The van der Waals surface area contributed by atoms with Crippen LogP contribution in [0.15, 0.2) is 52.8 Å². The molecular weight excluding hydrogens is 300 g/mol. The van der Waals surface area contributed by atoms with Crippen LogP contribution in [-0.2, 0) is 6.54 Å². The molecule has 3 rings (SSSR count). The minimum atomic E-state index is 0.200. The van der Waals surface area contributed by atoms with Gasteiger partial charge in [-0.3, -0.25) is 9.69 Å². The number of quaternary nitrogens is 1. The summed E-state index contributed by atoms with van der Waals surface area (Å²) < 4.78 is 0. The van der Waals surface area contributed by atoms with E-state index in [4.69, 9.17) is 0 Å². The third-order valence-electron chi connectivity index (χ3n) is 3.32. The van der Waals surface area contributed by atoms with Crippen molar-refractivity contribution in [3.05, 3.63) is 58.3 Å².